The molecule has 2 rings (SSSR count). The van der Waals surface area contributed by atoms with E-state index >= 15 is 0 Å². The maximum Gasteiger partial charge on any atom is 0.124 e. The van der Waals surface area contributed by atoms with Gasteiger partial charge in [-0.1, -0.05) is 12.1 Å². The summed E-state index contributed by atoms with van der Waals surface area (Å²) in [7, 11) is 0. The third-order valence-corrected chi connectivity index (χ3v) is 3.36. The molecule has 0 bridgehead atoms. The molecule has 1 saturated heterocycles. The lowest BCUT2D eigenvalue weighted by atomic mass is 10.1. The van der Waals surface area contributed by atoms with Crippen molar-refractivity contribution in [2.75, 3.05) is 13.2 Å². The van der Waals surface area contributed by atoms with E-state index in [2.05, 4.69) is 25.1 Å². The molecule has 3 nitrogen and oxygen atoms in total. The number of rotatable bonds is 4. The molecule has 2 atom stereocenters. The summed E-state index contributed by atoms with van der Waals surface area (Å²) in [6, 6.07) is 6.18. The second-order valence-electron chi connectivity index (χ2n) is 5.13. The summed E-state index contributed by atoms with van der Waals surface area (Å²) in [6.45, 7) is 5.54. The molecule has 0 aliphatic carbocycles. The highest BCUT2D eigenvalue weighted by Crippen LogP contribution is 2.26. The van der Waals surface area contributed by atoms with Crippen LogP contribution in [0.15, 0.2) is 18.2 Å². The smallest absolute Gasteiger partial charge is 0.124 e. The van der Waals surface area contributed by atoms with E-state index in [-0.39, 0.29) is 12.1 Å². The third kappa shape index (κ3) is 3.47. The predicted molar refractivity (Wildman–Crippen MR) is 72.9 cm³/mol. The van der Waals surface area contributed by atoms with Gasteiger partial charge in [-0.2, -0.15) is 0 Å². The summed E-state index contributed by atoms with van der Waals surface area (Å²) in [4.78, 5) is 0. The molecular formula is C15H23NO2. The van der Waals surface area contributed by atoms with Crippen LogP contribution in [0.4, 0.5) is 0 Å². The number of hydrogen-bond donors (Lipinski definition) is 1. The minimum Gasteiger partial charge on any atom is -0.491 e. The molecule has 18 heavy (non-hydrogen) atoms. The van der Waals surface area contributed by atoms with Crippen LogP contribution in [0, 0.1) is 6.92 Å². The van der Waals surface area contributed by atoms with Gasteiger partial charge in [0.25, 0.3) is 0 Å². The van der Waals surface area contributed by atoms with Gasteiger partial charge >= 0.3 is 0 Å². The molecule has 1 heterocycles. The summed E-state index contributed by atoms with van der Waals surface area (Å²) in [6.07, 6.45) is 3.74. The molecule has 1 fully saturated rings. The Hall–Kier alpha value is -1.06. The van der Waals surface area contributed by atoms with Crippen molar-refractivity contribution in [2.45, 2.75) is 45.3 Å². The quantitative estimate of drug-likeness (QED) is 0.892. The molecular weight excluding hydrogens is 226 g/mol. The number of ether oxygens (including phenoxy) is 2. The molecule has 0 saturated carbocycles. The van der Waals surface area contributed by atoms with Gasteiger partial charge in [-0.05, 0) is 44.7 Å². The molecule has 0 spiro atoms. The van der Waals surface area contributed by atoms with Crippen molar-refractivity contribution < 1.29 is 9.47 Å². The van der Waals surface area contributed by atoms with Crippen LogP contribution in [-0.2, 0) is 4.74 Å². The highest BCUT2D eigenvalue weighted by atomic mass is 16.5. The van der Waals surface area contributed by atoms with Crippen molar-refractivity contribution in [3.05, 3.63) is 29.3 Å². The van der Waals surface area contributed by atoms with Crippen molar-refractivity contribution in [1.82, 2.24) is 0 Å². The zero-order valence-electron chi connectivity index (χ0n) is 11.3. The maximum atomic E-state index is 5.96. The van der Waals surface area contributed by atoms with Gasteiger partial charge in [-0.15, -0.1) is 0 Å². The number of hydrogen-bond acceptors (Lipinski definition) is 3. The maximum absolute atomic E-state index is 5.96. The standard InChI is InChI=1S/C15H23NO2/c1-11-6-7-14(12(2)16)15(9-11)18-10-13-5-3-4-8-17-13/h6-7,9,12-13H,3-5,8,10,16H2,1-2H3/t12-,13?/m0/s1. The molecule has 0 radical (unpaired) electrons. The van der Waals surface area contributed by atoms with Crippen LogP contribution in [0.25, 0.3) is 0 Å². The van der Waals surface area contributed by atoms with E-state index in [0.717, 1.165) is 24.3 Å². The monoisotopic (exact) mass is 249 g/mol. The normalized spacial score (nSPS) is 21.6. The Kier molecular flexibility index (Phi) is 4.61. The highest BCUT2D eigenvalue weighted by Gasteiger charge is 2.16. The summed E-state index contributed by atoms with van der Waals surface area (Å²) >= 11 is 0. The lowest BCUT2D eigenvalue weighted by molar-refractivity contribution is -0.0113. The summed E-state index contributed by atoms with van der Waals surface area (Å²) < 4.78 is 11.6. The zero-order valence-corrected chi connectivity index (χ0v) is 11.3. The third-order valence-electron chi connectivity index (χ3n) is 3.36. The van der Waals surface area contributed by atoms with Gasteiger partial charge in [0.05, 0.1) is 6.10 Å². The number of aryl methyl sites for hydroxylation is 1. The fourth-order valence-corrected chi connectivity index (χ4v) is 2.26. The van der Waals surface area contributed by atoms with Crippen LogP contribution in [0.2, 0.25) is 0 Å². The fraction of sp³-hybridized carbons (Fsp3) is 0.600. The van der Waals surface area contributed by atoms with Gasteiger partial charge in [0.1, 0.15) is 12.4 Å². The average Bonchev–Trinajstić information content (AvgIpc) is 2.37. The van der Waals surface area contributed by atoms with Crippen molar-refractivity contribution >= 4 is 0 Å². The van der Waals surface area contributed by atoms with Gasteiger partial charge < -0.3 is 15.2 Å². The van der Waals surface area contributed by atoms with E-state index in [1.165, 1.54) is 18.4 Å². The van der Waals surface area contributed by atoms with Crippen LogP contribution in [0.1, 0.15) is 43.4 Å². The Morgan fingerprint density at radius 1 is 1.44 bits per heavy atom. The van der Waals surface area contributed by atoms with Crippen LogP contribution in [-0.4, -0.2) is 19.3 Å². The molecule has 0 aromatic heterocycles. The Balaban J connectivity index is 2.00. The first kappa shape index (κ1) is 13.4. The van der Waals surface area contributed by atoms with Crippen LogP contribution in [0.3, 0.4) is 0 Å². The van der Waals surface area contributed by atoms with Gasteiger partial charge in [0.2, 0.25) is 0 Å². The number of benzene rings is 1. The van der Waals surface area contributed by atoms with E-state index in [4.69, 9.17) is 15.2 Å². The first-order valence-corrected chi connectivity index (χ1v) is 6.77. The predicted octanol–water partition coefficient (Wildman–Crippen LogP) is 2.96. The van der Waals surface area contributed by atoms with Crippen LogP contribution in [0.5, 0.6) is 5.75 Å². The zero-order chi connectivity index (χ0) is 13.0. The van der Waals surface area contributed by atoms with Gasteiger partial charge in [-0.3, -0.25) is 0 Å². The van der Waals surface area contributed by atoms with Gasteiger partial charge in [0, 0.05) is 18.2 Å². The molecule has 1 aliphatic heterocycles. The lowest BCUT2D eigenvalue weighted by Crippen LogP contribution is -2.26. The van der Waals surface area contributed by atoms with Crippen molar-refractivity contribution in [1.29, 1.82) is 0 Å². The van der Waals surface area contributed by atoms with E-state index in [0.29, 0.717) is 6.61 Å². The average molecular weight is 249 g/mol. The minimum absolute atomic E-state index is 0.00660. The first-order chi connectivity index (χ1) is 8.66. The SMILES string of the molecule is Cc1ccc([C@H](C)N)c(OCC2CCCCO2)c1. The first-order valence-electron chi connectivity index (χ1n) is 6.77. The van der Waals surface area contributed by atoms with Crippen molar-refractivity contribution in [3.8, 4) is 5.75 Å². The summed E-state index contributed by atoms with van der Waals surface area (Å²) in [5.74, 6) is 0.902. The van der Waals surface area contributed by atoms with Gasteiger partial charge in [0.15, 0.2) is 0 Å². The molecule has 1 aliphatic rings. The van der Waals surface area contributed by atoms with E-state index in [1.54, 1.807) is 0 Å². The summed E-state index contributed by atoms with van der Waals surface area (Å²) in [5.41, 5.74) is 8.22. The second-order valence-corrected chi connectivity index (χ2v) is 5.13. The van der Waals surface area contributed by atoms with Gasteiger partial charge in [-0.25, -0.2) is 0 Å². The minimum atomic E-state index is -0.00660. The Morgan fingerprint density at radius 3 is 2.94 bits per heavy atom. The highest BCUT2D eigenvalue weighted by molar-refractivity contribution is 5.38. The van der Waals surface area contributed by atoms with Crippen molar-refractivity contribution in [3.63, 3.8) is 0 Å². The Morgan fingerprint density at radius 2 is 2.28 bits per heavy atom. The molecule has 1 aromatic rings. The largest absolute Gasteiger partial charge is 0.491 e. The molecule has 100 valence electrons. The van der Waals surface area contributed by atoms with E-state index in [1.807, 2.05) is 6.92 Å². The topological polar surface area (TPSA) is 44.5 Å². The molecule has 1 unspecified atom stereocenters. The van der Waals surface area contributed by atoms with Crippen LogP contribution < -0.4 is 10.5 Å². The Bertz CT molecular complexity index is 384. The second kappa shape index (κ2) is 6.21. The molecule has 2 N–H and O–H groups in total. The molecule has 1 aromatic carbocycles. The molecule has 3 heteroatoms. The van der Waals surface area contributed by atoms with E-state index in [9.17, 15) is 0 Å². The molecule has 0 amide bonds. The van der Waals surface area contributed by atoms with Crippen molar-refractivity contribution in [2.24, 2.45) is 5.73 Å². The lowest BCUT2D eigenvalue weighted by Gasteiger charge is -2.23. The van der Waals surface area contributed by atoms with E-state index < -0.39 is 0 Å². The summed E-state index contributed by atoms with van der Waals surface area (Å²) in [5, 5.41) is 0. The fourth-order valence-electron chi connectivity index (χ4n) is 2.26. The number of nitrogens with two attached hydrogens (primary N) is 1. The Labute approximate surface area is 109 Å². The van der Waals surface area contributed by atoms with Crippen LogP contribution >= 0.6 is 0 Å².